The van der Waals surface area contributed by atoms with Gasteiger partial charge in [-0.05, 0) is 31.4 Å². The molecule has 2 saturated carbocycles. The summed E-state index contributed by atoms with van der Waals surface area (Å²) in [7, 11) is 0. The van der Waals surface area contributed by atoms with E-state index in [9.17, 15) is 13.2 Å². The maximum Gasteiger partial charge on any atom is 0.573 e. The van der Waals surface area contributed by atoms with E-state index in [2.05, 4.69) is 15.0 Å². The van der Waals surface area contributed by atoms with E-state index in [1.165, 1.54) is 18.2 Å². The van der Waals surface area contributed by atoms with Gasteiger partial charge < -0.3 is 20.5 Å². The lowest BCUT2D eigenvalue weighted by atomic mass is 9.54. The smallest absolute Gasteiger partial charge is 0.404 e. The highest BCUT2D eigenvalue weighted by atomic mass is 19.4. The van der Waals surface area contributed by atoms with E-state index in [0.717, 1.165) is 38.7 Å². The second kappa shape index (κ2) is 6.33. The summed E-state index contributed by atoms with van der Waals surface area (Å²) in [5, 5.41) is 2.78. The van der Waals surface area contributed by atoms with Crippen molar-refractivity contribution in [2.75, 3.05) is 11.9 Å². The lowest BCUT2D eigenvalue weighted by molar-refractivity contribution is -0.274. The van der Waals surface area contributed by atoms with Crippen molar-refractivity contribution in [3.05, 3.63) is 24.3 Å². The van der Waals surface area contributed by atoms with E-state index in [4.69, 9.17) is 10.5 Å². The highest BCUT2D eigenvalue weighted by molar-refractivity contribution is 5.93. The molecule has 0 aromatic heterocycles. The third kappa shape index (κ3) is 3.00. The van der Waals surface area contributed by atoms with Crippen LogP contribution in [0, 0.1) is 11.3 Å². The number of guanidine groups is 1. The van der Waals surface area contributed by atoms with Crippen molar-refractivity contribution in [2.45, 2.75) is 50.6 Å². The van der Waals surface area contributed by atoms with Gasteiger partial charge in [-0.15, -0.1) is 13.2 Å². The number of anilines is 1. The molecule has 3 unspecified atom stereocenters. The molecule has 5 nitrogen and oxygen atoms in total. The summed E-state index contributed by atoms with van der Waals surface area (Å²) >= 11 is 0. The van der Waals surface area contributed by atoms with Crippen LogP contribution < -0.4 is 15.8 Å². The van der Waals surface area contributed by atoms with Crippen LogP contribution in [0.3, 0.4) is 0 Å². The van der Waals surface area contributed by atoms with E-state index in [0.29, 0.717) is 5.92 Å². The minimum absolute atomic E-state index is 0.0510. The Labute approximate surface area is 149 Å². The molecule has 1 aromatic carbocycles. The number of nitrogens with two attached hydrogens (primary N) is 1. The molecule has 2 aliphatic carbocycles. The van der Waals surface area contributed by atoms with Gasteiger partial charge in [0.1, 0.15) is 0 Å². The van der Waals surface area contributed by atoms with E-state index in [-0.39, 0.29) is 35.0 Å². The Morgan fingerprint density at radius 3 is 2.73 bits per heavy atom. The molecule has 0 radical (unpaired) electrons. The predicted octanol–water partition coefficient (Wildman–Crippen LogP) is 3.66. The summed E-state index contributed by atoms with van der Waals surface area (Å²) in [6.45, 7) is 0.749. The zero-order chi connectivity index (χ0) is 18.4. The van der Waals surface area contributed by atoms with E-state index >= 15 is 0 Å². The number of alkyl halides is 3. The summed E-state index contributed by atoms with van der Waals surface area (Å²) in [6, 6.07) is 5.88. The molecule has 1 aliphatic heterocycles. The molecule has 1 aromatic rings. The van der Waals surface area contributed by atoms with Gasteiger partial charge >= 0.3 is 6.36 Å². The standard InChI is InChI=1S/C18H22F3N3O2/c19-18(20,21)26-13-6-2-1-5-12(13)23-16(22)24-14-11-7-10-25-15(11)17(14)8-3-4-9-17/h1-2,5-6,11,14-15H,3-4,7-10H2,(H3,22,23,24). The molecule has 142 valence electrons. The monoisotopic (exact) mass is 369 g/mol. The van der Waals surface area contributed by atoms with Gasteiger partial charge in [-0.3, -0.25) is 0 Å². The van der Waals surface area contributed by atoms with Crippen LogP contribution in [-0.2, 0) is 4.74 Å². The largest absolute Gasteiger partial charge is 0.573 e. The molecule has 1 heterocycles. The Balaban J connectivity index is 1.52. The molecule has 3 fully saturated rings. The lowest BCUT2D eigenvalue weighted by Crippen LogP contribution is -2.61. The van der Waals surface area contributed by atoms with Gasteiger partial charge in [0.15, 0.2) is 11.7 Å². The fourth-order valence-electron chi connectivity index (χ4n) is 4.94. The van der Waals surface area contributed by atoms with Crippen molar-refractivity contribution in [1.82, 2.24) is 0 Å². The highest BCUT2D eigenvalue weighted by Gasteiger charge is 2.65. The van der Waals surface area contributed by atoms with Crippen molar-refractivity contribution in [2.24, 2.45) is 22.1 Å². The van der Waals surface area contributed by atoms with E-state index in [1.54, 1.807) is 6.07 Å². The van der Waals surface area contributed by atoms with Crippen molar-refractivity contribution < 1.29 is 22.6 Å². The van der Waals surface area contributed by atoms with Crippen molar-refractivity contribution in [3.63, 3.8) is 0 Å². The molecule has 8 heteroatoms. The minimum atomic E-state index is -4.76. The van der Waals surface area contributed by atoms with Crippen LogP contribution >= 0.6 is 0 Å². The first-order valence-electron chi connectivity index (χ1n) is 8.96. The molecule has 1 saturated heterocycles. The average molecular weight is 369 g/mol. The zero-order valence-electron chi connectivity index (χ0n) is 14.3. The number of nitrogens with zero attached hydrogens (tertiary/aromatic N) is 1. The summed E-state index contributed by atoms with van der Waals surface area (Å²) < 4.78 is 47.6. The first kappa shape index (κ1) is 17.5. The molecule has 4 rings (SSSR count). The third-order valence-corrected chi connectivity index (χ3v) is 5.89. The fraction of sp³-hybridized carbons (Fsp3) is 0.611. The molecule has 1 spiro atoms. The number of aliphatic imine (C=N–C) groups is 1. The van der Waals surface area contributed by atoms with Crippen LogP contribution in [0.2, 0.25) is 0 Å². The Morgan fingerprint density at radius 1 is 1.27 bits per heavy atom. The third-order valence-electron chi connectivity index (χ3n) is 5.89. The number of benzene rings is 1. The number of ether oxygens (including phenoxy) is 2. The Kier molecular flexibility index (Phi) is 4.25. The van der Waals surface area contributed by atoms with Gasteiger partial charge in [-0.25, -0.2) is 4.99 Å². The maximum absolute atomic E-state index is 12.6. The van der Waals surface area contributed by atoms with Crippen molar-refractivity contribution >= 4 is 11.6 Å². The van der Waals surface area contributed by atoms with Crippen LogP contribution in [0.25, 0.3) is 0 Å². The Hall–Kier alpha value is -1.96. The topological polar surface area (TPSA) is 68.9 Å². The van der Waals surface area contributed by atoms with Crippen LogP contribution in [0.4, 0.5) is 18.9 Å². The number of para-hydroxylation sites is 2. The van der Waals surface area contributed by atoms with E-state index in [1.807, 2.05) is 0 Å². The quantitative estimate of drug-likeness (QED) is 0.630. The number of halogens is 3. The second-order valence-corrected chi connectivity index (χ2v) is 7.31. The first-order valence-corrected chi connectivity index (χ1v) is 8.96. The summed E-state index contributed by atoms with van der Waals surface area (Å²) in [5.41, 5.74) is 6.24. The van der Waals surface area contributed by atoms with Crippen LogP contribution in [-0.4, -0.2) is 31.1 Å². The normalized spacial score (nSPS) is 30.1. The molecular formula is C18H22F3N3O2. The molecular weight excluding hydrogens is 347 g/mol. The van der Waals surface area contributed by atoms with Crippen LogP contribution in [0.1, 0.15) is 32.1 Å². The first-order chi connectivity index (χ1) is 12.4. The average Bonchev–Trinajstić information content (AvgIpc) is 3.22. The molecule has 3 aliphatic rings. The zero-order valence-corrected chi connectivity index (χ0v) is 14.3. The van der Waals surface area contributed by atoms with Crippen LogP contribution in [0.5, 0.6) is 5.75 Å². The molecule has 26 heavy (non-hydrogen) atoms. The number of nitrogens with one attached hydrogen (secondary N) is 1. The molecule has 0 bridgehead atoms. The van der Waals surface area contributed by atoms with Crippen molar-refractivity contribution in [1.29, 1.82) is 0 Å². The summed E-state index contributed by atoms with van der Waals surface area (Å²) in [5.74, 6) is 0.143. The Morgan fingerprint density at radius 2 is 2.00 bits per heavy atom. The molecule has 0 amide bonds. The maximum atomic E-state index is 12.6. The van der Waals surface area contributed by atoms with Gasteiger partial charge in [0.25, 0.3) is 0 Å². The lowest BCUT2D eigenvalue weighted by Gasteiger charge is -2.54. The van der Waals surface area contributed by atoms with Gasteiger partial charge in [0.05, 0.1) is 17.8 Å². The number of rotatable bonds is 3. The van der Waals surface area contributed by atoms with Gasteiger partial charge in [0.2, 0.25) is 0 Å². The van der Waals surface area contributed by atoms with Crippen molar-refractivity contribution in [3.8, 4) is 5.75 Å². The van der Waals surface area contributed by atoms with Gasteiger partial charge in [-0.1, -0.05) is 25.0 Å². The fourth-order valence-corrected chi connectivity index (χ4v) is 4.94. The Bertz CT molecular complexity index is 701. The molecule has 3 atom stereocenters. The second-order valence-electron chi connectivity index (χ2n) is 7.31. The summed E-state index contributed by atoms with van der Waals surface area (Å²) in [6.07, 6.45) is 0.920. The highest BCUT2D eigenvalue weighted by Crippen LogP contribution is 2.62. The molecule has 3 N–H and O–H groups in total. The summed E-state index contributed by atoms with van der Waals surface area (Å²) in [4.78, 5) is 4.66. The van der Waals surface area contributed by atoms with Gasteiger partial charge in [0, 0.05) is 17.9 Å². The van der Waals surface area contributed by atoms with E-state index < -0.39 is 6.36 Å². The number of hydrogen-bond acceptors (Lipinski definition) is 3. The minimum Gasteiger partial charge on any atom is -0.404 e. The number of fused-ring (bicyclic) bond motifs is 2. The SMILES string of the molecule is NC(=NC1C2CCOC2C12CCCC2)Nc1ccccc1OC(F)(F)F. The number of hydrogen-bond donors (Lipinski definition) is 2. The van der Waals surface area contributed by atoms with Gasteiger partial charge in [-0.2, -0.15) is 0 Å². The van der Waals surface area contributed by atoms with Crippen LogP contribution in [0.15, 0.2) is 29.3 Å². The predicted molar refractivity (Wildman–Crippen MR) is 90.9 cm³/mol.